The molecule has 1 aromatic rings. The Bertz CT molecular complexity index is 348. The van der Waals surface area contributed by atoms with Gasteiger partial charge in [-0.05, 0) is 18.4 Å². The molecule has 1 unspecified atom stereocenters. The van der Waals surface area contributed by atoms with Gasteiger partial charge in [0.05, 0.1) is 6.54 Å². The van der Waals surface area contributed by atoms with E-state index < -0.39 is 6.04 Å². The second-order valence-electron chi connectivity index (χ2n) is 2.64. The molecule has 1 rings (SSSR count). The summed E-state index contributed by atoms with van der Waals surface area (Å²) < 4.78 is 0. The highest BCUT2D eigenvalue weighted by Gasteiger charge is 2.15. The quantitative estimate of drug-likeness (QED) is 0.725. The van der Waals surface area contributed by atoms with Gasteiger partial charge in [0.15, 0.2) is 0 Å². The second kappa shape index (κ2) is 5.43. The standard InChI is InChI=1S/C10H12N2OS/c1-2-3-6-12-10(13)9(11)8-5-4-7-14-8/h4-5,7,9H,6,11H2,1H3,(H,12,13). The van der Waals surface area contributed by atoms with Crippen molar-refractivity contribution in [3.63, 3.8) is 0 Å². The van der Waals surface area contributed by atoms with Crippen LogP contribution in [-0.2, 0) is 4.79 Å². The van der Waals surface area contributed by atoms with Gasteiger partial charge in [0.2, 0.25) is 5.91 Å². The Hall–Kier alpha value is -1.31. The normalized spacial score (nSPS) is 11.3. The van der Waals surface area contributed by atoms with Crippen molar-refractivity contribution < 1.29 is 4.79 Å². The summed E-state index contributed by atoms with van der Waals surface area (Å²) in [4.78, 5) is 12.3. The molecule has 0 aliphatic heterocycles. The lowest BCUT2D eigenvalue weighted by Gasteiger charge is -2.07. The molecule has 3 N–H and O–H groups in total. The van der Waals surface area contributed by atoms with Crippen molar-refractivity contribution in [2.45, 2.75) is 13.0 Å². The van der Waals surface area contributed by atoms with Crippen LogP contribution in [0.2, 0.25) is 0 Å². The van der Waals surface area contributed by atoms with Gasteiger partial charge in [-0.2, -0.15) is 0 Å². The van der Waals surface area contributed by atoms with Crippen molar-refractivity contribution >= 4 is 17.2 Å². The fraction of sp³-hybridized carbons (Fsp3) is 0.300. The van der Waals surface area contributed by atoms with Crippen molar-refractivity contribution in [3.05, 3.63) is 22.4 Å². The van der Waals surface area contributed by atoms with Gasteiger partial charge in [-0.1, -0.05) is 12.0 Å². The van der Waals surface area contributed by atoms with Crippen molar-refractivity contribution in [1.82, 2.24) is 5.32 Å². The van der Waals surface area contributed by atoms with Crippen molar-refractivity contribution in [2.24, 2.45) is 5.73 Å². The number of carbonyl (C=O) groups is 1. The zero-order valence-corrected chi connectivity index (χ0v) is 8.73. The summed E-state index contributed by atoms with van der Waals surface area (Å²) in [6.45, 7) is 2.08. The SMILES string of the molecule is CC#CCNC(=O)C(N)c1cccs1. The van der Waals surface area contributed by atoms with E-state index in [0.717, 1.165) is 4.88 Å². The van der Waals surface area contributed by atoms with Crippen LogP contribution in [0.1, 0.15) is 17.8 Å². The van der Waals surface area contributed by atoms with Crippen LogP contribution in [0.4, 0.5) is 0 Å². The Morgan fingerprint density at radius 2 is 2.57 bits per heavy atom. The number of nitrogens with two attached hydrogens (primary N) is 1. The molecule has 1 heterocycles. The van der Waals surface area contributed by atoms with Gasteiger partial charge in [-0.3, -0.25) is 4.79 Å². The lowest BCUT2D eigenvalue weighted by atomic mass is 10.2. The molecular weight excluding hydrogens is 196 g/mol. The van der Waals surface area contributed by atoms with Crippen LogP contribution in [0.5, 0.6) is 0 Å². The zero-order valence-electron chi connectivity index (χ0n) is 7.91. The average Bonchev–Trinajstić information content (AvgIpc) is 2.69. The summed E-state index contributed by atoms with van der Waals surface area (Å²) in [6, 6.07) is 3.15. The van der Waals surface area contributed by atoms with Crippen LogP contribution in [0.15, 0.2) is 17.5 Å². The molecule has 1 atom stereocenters. The molecule has 0 saturated carbocycles. The highest BCUT2D eigenvalue weighted by atomic mass is 32.1. The molecule has 14 heavy (non-hydrogen) atoms. The van der Waals surface area contributed by atoms with Gasteiger partial charge in [-0.15, -0.1) is 17.3 Å². The number of hydrogen-bond acceptors (Lipinski definition) is 3. The number of rotatable bonds is 3. The van der Waals surface area contributed by atoms with E-state index in [-0.39, 0.29) is 5.91 Å². The number of hydrogen-bond donors (Lipinski definition) is 2. The first-order chi connectivity index (χ1) is 6.75. The van der Waals surface area contributed by atoms with Crippen LogP contribution in [0.25, 0.3) is 0 Å². The molecular formula is C10H12N2OS. The maximum absolute atomic E-state index is 11.4. The smallest absolute Gasteiger partial charge is 0.243 e. The van der Waals surface area contributed by atoms with E-state index in [9.17, 15) is 4.79 Å². The summed E-state index contributed by atoms with van der Waals surface area (Å²) in [7, 11) is 0. The van der Waals surface area contributed by atoms with Crippen molar-refractivity contribution in [3.8, 4) is 11.8 Å². The summed E-state index contributed by atoms with van der Waals surface area (Å²) in [5, 5.41) is 4.54. The summed E-state index contributed by atoms with van der Waals surface area (Å²) in [5.41, 5.74) is 5.72. The van der Waals surface area contributed by atoms with Gasteiger partial charge < -0.3 is 11.1 Å². The molecule has 0 spiro atoms. The number of carbonyl (C=O) groups excluding carboxylic acids is 1. The van der Waals surface area contributed by atoms with E-state index in [1.54, 1.807) is 6.92 Å². The van der Waals surface area contributed by atoms with E-state index in [4.69, 9.17) is 5.73 Å². The predicted molar refractivity (Wildman–Crippen MR) is 57.7 cm³/mol. The summed E-state index contributed by atoms with van der Waals surface area (Å²) in [5.74, 6) is 5.25. The molecule has 0 saturated heterocycles. The fourth-order valence-corrected chi connectivity index (χ4v) is 1.65. The van der Waals surface area contributed by atoms with Crippen LogP contribution in [0.3, 0.4) is 0 Å². The maximum Gasteiger partial charge on any atom is 0.243 e. The Labute approximate surface area is 87.3 Å². The fourth-order valence-electron chi connectivity index (χ4n) is 0.927. The lowest BCUT2D eigenvalue weighted by Crippen LogP contribution is -2.33. The topological polar surface area (TPSA) is 55.1 Å². The van der Waals surface area contributed by atoms with Crippen LogP contribution in [0, 0.1) is 11.8 Å². The maximum atomic E-state index is 11.4. The molecule has 0 aliphatic carbocycles. The number of amides is 1. The van der Waals surface area contributed by atoms with E-state index in [0.29, 0.717) is 6.54 Å². The molecule has 0 radical (unpaired) electrons. The monoisotopic (exact) mass is 208 g/mol. The molecule has 74 valence electrons. The summed E-state index contributed by atoms with van der Waals surface area (Å²) in [6.07, 6.45) is 0. The Balaban J connectivity index is 2.48. The molecule has 4 heteroatoms. The van der Waals surface area contributed by atoms with Crippen molar-refractivity contribution in [1.29, 1.82) is 0 Å². The molecule has 0 aromatic carbocycles. The first-order valence-electron chi connectivity index (χ1n) is 4.22. The van der Waals surface area contributed by atoms with E-state index in [1.165, 1.54) is 11.3 Å². The highest BCUT2D eigenvalue weighted by Crippen LogP contribution is 2.16. The first kappa shape index (κ1) is 10.8. The molecule has 1 aromatic heterocycles. The van der Waals surface area contributed by atoms with Crippen molar-refractivity contribution in [2.75, 3.05) is 6.54 Å². The molecule has 3 nitrogen and oxygen atoms in total. The molecule has 0 fully saturated rings. The third-order valence-corrected chi connectivity index (χ3v) is 2.62. The summed E-state index contributed by atoms with van der Waals surface area (Å²) >= 11 is 1.48. The third kappa shape index (κ3) is 2.87. The predicted octanol–water partition coefficient (Wildman–Crippen LogP) is 0.887. The van der Waals surface area contributed by atoms with Crippen LogP contribution in [-0.4, -0.2) is 12.5 Å². The Morgan fingerprint density at radius 1 is 1.79 bits per heavy atom. The van der Waals surface area contributed by atoms with Gasteiger partial charge in [-0.25, -0.2) is 0 Å². The molecule has 0 aliphatic rings. The van der Waals surface area contributed by atoms with E-state index >= 15 is 0 Å². The Morgan fingerprint density at radius 3 is 3.14 bits per heavy atom. The third-order valence-electron chi connectivity index (χ3n) is 1.66. The minimum absolute atomic E-state index is 0.185. The largest absolute Gasteiger partial charge is 0.344 e. The lowest BCUT2D eigenvalue weighted by molar-refractivity contribution is -0.122. The second-order valence-corrected chi connectivity index (χ2v) is 3.62. The van der Waals surface area contributed by atoms with Gasteiger partial charge >= 0.3 is 0 Å². The van der Waals surface area contributed by atoms with Crippen LogP contribution < -0.4 is 11.1 Å². The minimum atomic E-state index is -0.575. The number of thiophene rings is 1. The van der Waals surface area contributed by atoms with Crippen LogP contribution >= 0.6 is 11.3 Å². The van der Waals surface area contributed by atoms with E-state index in [2.05, 4.69) is 17.2 Å². The minimum Gasteiger partial charge on any atom is -0.344 e. The molecule has 0 bridgehead atoms. The van der Waals surface area contributed by atoms with Gasteiger partial charge in [0.25, 0.3) is 0 Å². The average molecular weight is 208 g/mol. The highest BCUT2D eigenvalue weighted by molar-refractivity contribution is 7.10. The first-order valence-corrected chi connectivity index (χ1v) is 5.10. The van der Waals surface area contributed by atoms with E-state index in [1.807, 2.05) is 17.5 Å². The number of nitrogens with one attached hydrogen (secondary N) is 1. The van der Waals surface area contributed by atoms with Gasteiger partial charge in [0.1, 0.15) is 6.04 Å². The Kier molecular flexibility index (Phi) is 4.17. The van der Waals surface area contributed by atoms with Gasteiger partial charge in [0, 0.05) is 4.88 Å². The molecule has 1 amide bonds. The zero-order chi connectivity index (χ0) is 10.4.